The number of benzene rings is 1. The van der Waals surface area contributed by atoms with Crippen LogP contribution in [0.4, 0.5) is 27.9 Å². The Morgan fingerprint density at radius 3 is 2.50 bits per heavy atom. The molecule has 3 N–H and O–H groups in total. The van der Waals surface area contributed by atoms with Crippen LogP contribution in [0.15, 0.2) is 49.1 Å². The van der Waals surface area contributed by atoms with Crippen LogP contribution >= 0.6 is 0 Å². The monoisotopic (exact) mass is 571 g/mol. The zero-order valence-electron chi connectivity index (χ0n) is 24.3. The second-order valence-electron chi connectivity index (χ2n) is 11.6. The van der Waals surface area contributed by atoms with Crippen molar-refractivity contribution in [2.75, 3.05) is 54.5 Å². The topological polar surface area (TPSA) is 133 Å². The fourth-order valence-corrected chi connectivity index (χ4v) is 5.31. The highest BCUT2D eigenvalue weighted by molar-refractivity contribution is 5.92. The van der Waals surface area contributed by atoms with Crippen LogP contribution in [-0.2, 0) is 9.47 Å². The molecule has 5 heterocycles. The van der Waals surface area contributed by atoms with Gasteiger partial charge in [-0.15, -0.1) is 0 Å². The quantitative estimate of drug-likeness (QED) is 0.304. The number of morpholine rings is 1. The van der Waals surface area contributed by atoms with Crippen molar-refractivity contribution < 1.29 is 14.3 Å². The minimum Gasteiger partial charge on any atom is -0.444 e. The Balaban J connectivity index is 1.08. The molecule has 0 aliphatic carbocycles. The van der Waals surface area contributed by atoms with E-state index in [-0.39, 0.29) is 6.04 Å². The van der Waals surface area contributed by atoms with Gasteiger partial charge < -0.3 is 34.9 Å². The van der Waals surface area contributed by atoms with Gasteiger partial charge in [0.25, 0.3) is 0 Å². The van der Waals surface area contributed by atoms with Crippen molar-refractivity contribution in [1.82, 2.24) is 30.2 Å². The minimum absolute atomic E-state index is 0.0104. The standard InChI is InChI=1S/C30H37N9O3/c1-30(2,3)42-29(40)36-22-5-4-10-39(18-22)28-31-16-23(17-32-28)35-21-8-6-20(7-9-21)25-15-24-26(37-25)33-19-34-27(24)38-11-13-41-14-12-38/h6-9,15-17,19,22,35H,4-5,10-14,18H2,1-3H3,(H,36,40)(H,33,34,37)/t22-/m1/s1. The number of hydrogen-bond acceptors (Lipinski definition) is 10. The molecule has 3 aromatic heterocycles. The van der Waals surface area contributed by atoms with E-state index in [2.05, 4.69) is 63.6 Å². The summed E-state index contributed by atoms with van der Waals surface area (Å²) in [6.45, 7) is 10.1. The van der Waals surface area contributed by atoms with Crippen molar-refractivity contribution in [2.45, 2.75) is 45.3 Å². The fraction of sp³-hybridized carbons (Fsp3) is 0.433. The molecular weight excluding hydrogens is 534 g/mol. The summed E-state index contributed by atoms with van der Waals surface area (Å²) >= 11 is 0. The lowest BCUT2D eigenvalue weighted by atomic mass is 10.1. The van der Waals surface area contributed by atoms with Crippen LogP contribution in [0.25, 0.3) is 22.3 Å². The normalized spacial score (nSPS) is 17.7. The number of anilines is 4. The van der Waals surface area contributed by atoms with Crippen molar-refractivity contribution in [3.63, 3.8) is 0 Å². The lowest BCUT2D eigenvalue weighted by Crippen LogP contribution is -2.49. The number of nitrogens with zero attached hydrogens (tertiary/aromatic N) is 6. The van der Waals surface area contributed by atoms with E-state index in [1.54, 1.807) is 18.7 Å². The lowest BCUT2D eigenvalue weighted by Gasteiger charge is -2.33. The molecule has 1 amide bonds. The van der Waals surface area contributed by atoms with E-state index < -0.39 is 11.7 Å². The van der Waals surface area contributed by atoms with Gasteiger partial charge in [-0.1, -0.05) is 12.1 Å². The second-order valence-corrected chi connectivity index (χ2v) is 11.6. The molecule has 2 aliphatic heterocycles. The first-order valence-electron chi connectivity index (χ1n) is 14.4. The summed E-state index contributed by atoms with van der Waals surface area (Å²) in [5.41, 5.74) is 4.06. The van der Waals surface area contributed by atoms with Crippen LogP contribution in [0, 0.1) is 0 Å². The van der Waals surface area contributed by atoms with Crippen LogP contribution in [0.1, 0.15) is 33.6 Å². The number of nitrogens with one attached hydrogen (secondary N) is 3. The first-order valence-corrected chi connectivity index (χ1v) is 14.4. The molecule has 12 heteroatoms. The Labute approximate surface area is 244 Å². The van der Waals surface area contributed by atoms with Crippen molar-refractivity contribution in [3.05, 3.63) is 49.1 Å². The summed E-state index contributed by atoms with van der Waals surface area (Å²) in [5, 5.41) is 7.36. The SMILES string of the molecule is CC(C)(C)OC(=O)N[C@@H]1CCCN(c2ncc(Nc3ccc(-c4cc5c(N6CCOCC6)ncnc5[nH]4)cc3)cn2)C1. The Morgan fingerprint density at radius 2 is 1.76 bits per heavy atom. The molecule has 0 radical (unpaired) electrons. The molecule has 0 unspecified atom stereocenters. The Bertz CT molecular complexity index is 1510. The smallest absolute Gasteiger partial charge is 0.407 e. The lowest BCUT2D eigenvalue weighted by molar-refractivity contribution is 0.0500. The third kappa shape index (κ3) is 6.54. The molecule has 0 bridgehead atoms. The van der Waals surface area contributed by atoms with E-state index in [9.17, 15) is 4.79 Å². The predicted molar refractivity (Wildman–Crippen MR) is 162 cm³/mol. The van der Waals surface area contributed by atoms with Gasteiger partial charge in [0.1, 0.15) is 23.4 Å². The highest BCUT2D eigenvalue weighted by atomic mass is 16.6. The van der Waals surface area contributed by atoms with Gasteiger partial charge in [0.2, 0.25) is 5.95 Å². The number of carbonyl (C=O) groups is 1. The van der Waals surface area contributed by atoms with E-state index in [4.69, 9.17) is 9.47 Å². The maximum atomic E-state index is 12.2. The molecule has 2 aliphatic rings. The van der Waals surface area contributed by atoms with Crippen LogP contribution in [0.5, 0.6) is 0 Å². The summed E-state index contributed by atoms with van der Waals surface area (Å²) in [6, 6.07) is 10.3. The van der Waals surface area contributed by atoms with Crippen LogP contribution < -0.4 is 20.4 Å². The largest absolute Gasteiger partial charge is 0.444 e. The summed E-state index contributed by atoms with van der Waals surface area (Å²) in [5.74, 6) is 1.58. The molecule has 1 aromatic carbocycles. The maximum Gasteiger partial charge on any atom is 0.407 e. The van der Waals surface area contributed by atoms with Gasteiger partial charge >= 0.3 is 6.09 Å². The van der Waals surface area contributed by atoms with E-state index in [1.807, 2.05) is 32.9 Å². The number of hydrogen-bond donors (Lipinski definition) is 3. The fourth-order valence-electron chi connectivity index (χ4n) is 5.31. The average molecular weight is 572 g/mol. The molecule has 1 atom stereocenters. The molecule has 6 rings (SSSR count). The molecule has 4 aromatic rings. The number of amides is 1. The predicted octanol–water partition coefficient (Wildman–Crippen LogP) is 4.49. The summed E-state index contributed by atoms with van der Waals surface area (Å²) in [7, 11) is 0. The van der Waals surface area contributed by atoms with Gasteiger partial charge in [-0.05, 0) is 57.4 Å². The van der Waals surface area contributed by atoms with E-state index in [1.165, 1.54) is 0 Å². The van der Waals surface area contributed by atoms with Crippen molar-refractivity contribution in [1.29, 1.82) is 0 Å². The van der Waals surface area contributed by atoms with Crippen molar-refractivity contribution >= 4 is 40.3 Å². The molecule has 42 heavy (non-hydrogen) atoms. The number of aromatic amines is 1. The molecule has 0 saturated carbocycles. The summed E-state index contributed by atoms with van der Waals surface area (Å²) in [4.78, 5) is 38.2. The highest BCUT2D eigenvalue weighted by Crippen LogP contribution is 2.30. The van der Waals surface area contributed by atoms with Gasteiger partial charge in [0.05, 0.1) is 36.7 Å². The third-order valence-electron chi connectivity index (χ3n) is 7.26. The number of fused-ring (bicyclic) bond motifs is 1. The molecule has 2 saturated heterocycles. The Kier molecular flexibility index (Phi) is 7.79. The van der Waals surface area contributed by atoms with Gasteiger partial charge in [-0.2, -0.15) is 0 Å². The van der Waals surface area contributed by atoms with Crippen molar-refractivity contribution in [2.24, 2.45) is 0 Å². The number of H-pyrrole nitrogens is 1. The van der Waals surface area contributed by atoms with E-state index >= 15 is 0 Å². The van der Waals surface area contributed by atoms with Gasteiger partial charge in [-0.25, -0.2) is 24.7 Å². The first kappa shape index (κ1) is 27.7. The maximum absolute atomic E-state index is 12.2. The number of carbonyl (C=O) groups excluding carboxylic acids is 1. The van der Waals surface area contributed by atoms with Gasteiger partial charge in [-0.3, -0.25) is 0 Å². The van der Waals surface area contributed by atoms with E-state index in [0.29, 0.717) is 25.7 Å². The third-order valence-corrected chi connectivity index (χ3v) is 7.26. The Morgan fingerprint density at radius 1 is 1.00 bits per heavy atom. The first-order chi connectivity index (χ1) is 20.3. The number of rotatable bonds is 6. The zero-order valence-corrected chi connectivity index (χ0v) is 24.3. The number of ether oxygens (including phenoxy) is 2. The molecule has 220 valence electrons. The molecule has 12 nitrogen and oxygen atoms in total. The summed E-state index contributed by atoms with van der Waals surface area (Å²) < 4.78 is 10.9. The van der Waals surface area contributed by atoms with Crippen LogP contribution in [0.2, 0.25) is 0 Å². The number of piperidine rings is 1. The highest BCUT2D eigenvalue weighted by Gasteiger charge is 2.25. The number of aromatic nitrogens is 5. The minimum atomic E-state index is -0.524. The van der Waals surface area contributed by atoms with Crippen molar-refractivity contribution in [3.8, 4) is 11.3 Å². The van der Waals surface area contributed by atoms with Crippen LogP contribution in [0.3, 0.4) is 0 Å². The molecule has 2 fully saturated rings. The summed E-state index contributed by atoms with van der Waals surface area (Å²) in [6.07, 6.45) is 6.62. The van der Waals surface area contributed by atoms with E-state index in [0.717, 1.165) is 72.0 Å². The van der Waals surface area contributed by atoms with Gasteiger partial charge in [0.15, 0.2) is 0 Å². The average Bonchev–Trinajstić information content (AvgIpc) is 3.42. The van der Waals surface area contributed by atoms with Gasteiger partial charge in [0, 0.05) is 43.6 Å². The molecule has 0 spiro atoms. The zero-order chi connectivity index (χ0) is 29.1. The van der Waals surface area contributed by atoms with Crippen LogP contribution in [-0.4, -0.2) is 82.0 Å². The molecular formula is C30H37N9O3. The Hall–Kier alpha value is -4.45. The second kappa shape index (κ2) is 11.8. The number of alkyl carbamates (subject to hydrolysis) is 1.